The summed E-state index contributed by atoms with van der Waals surface area (Å²) in [5, 5.41) is 0. The van der Waals surface area contributed by atoms with Gasteiger partial charge in [0.05, 0.1) is 32.5 Å². The van der Waals surface area contributed by atoms with Crippen molar-refractivity contribution in [2.75, 3.05) is 13.7 Å². The Kier molecular flexibility index (Phi) is 9.55. The summed E-state index contributed by atoms with van der Waals surface area (Å²) in [6.45, 7) is 9.45. The van der Waals surface area contributed by atoms with Crippen molar-refractivity contribution in [2.45, 2.75) is 76.1 Å². The number of benzene rings is 3. The highest BCUT2D eigenvalue weighted by atomic mass is 16.7. The van der Waals surface area contributed by atoms with Gasteiger partial charge in [-0.05, 0) is 30.5 Å². The Labute approximate surface area is 242 Å². The first-order chi connectivity index (χ1) is 19.9. The molecule has 0 unspecified atom stereocenters. The van der Waals surface area contributed by atoms with Crippen molar-refractivity contribution in [1.29, 1.82) is 0 Å². The maximum absolute atomic E-state index is 6.89. The van der Waals surface area contributed by atoms with Gasteiger partial charge in [0.15, 0.2) is 11.4 Å². The van der Waals surface area contributed by atoms with Crippen molar-refractivity contribution in [3.63, 3.8) is 0 Å². The summed E-state index contributed by atoms with van der Waals surface area (Å²) < 4.78 is 44.7. The molecule has 2 aliphatic heterocycles. The zero-order valence-corrected chi connectivity index (χ0v) is 24.1. The number of hydrogen-bond acceptors (Lipinski definition) is 7. The van der Waals surface area contributed by atoms with Gasteiger partial charge in [-0.1, -0.05) is 97.6 Å². The van der Waals surface area contributed by atoms with Gasteiger partial charge in [0.1, 0.15) is 18.0 Å². The van der Waals surface area contributed by atoms with E-state index in [9.17, 15) is 0 Å². The molecule has 2 heterocycles. The highest BCUT2D eigenvalue weighted by Gasteiger charge is 2.60. The molecule has 0 spiro atoms. The van der Waals surface area contributed by atoms with Crippen molar-refractivity contribution in [1.82, 2.24) is 0 Å². The molecular formula is C34H40O7. The van der Waals surface area contributed by atoms with Crippen LogP contribution in [0.5, 0.6) is 0 Å². The predicted octanol–water partition coefficient (Wildman–Crippen LogP) is 6.17. The predicted molar refractivity (Wildman–Crippen MR) is 155 cm³/mol. The van der Waals surface area contributed by atoms with E-state index in [1.54, 1.807) is 7.11 Å². The first kappa shape index (κ1) is 29.5. The largest absolute Gasteiger partial charge is 0.464 e. The molecule has 5 atom stereocenters. The lowest BCUT2D eigenvalue weighted by molar-refractivity contribution is -0.328. The molecule has 7 nitrogen and oxygen atoms in total. The molecule has 3 aromatic carbocycles. The van der Waals surface area contributed by atoms with E-state index in [0.29, 0.717) is 38.6 Å². The molecule has 0 saturated carbocycles. The summed E-state index contributed by atoms with van der Waals surface area (Å²) in [4.78, 5) is 0. The minimum Gasteiger partial charge on any atom is -0.464 e. The maximum Gasteiger partial charge on any atom is 0.231 e. The molecule has 2 fully saturated rings. The van der Waals surface area contributed by atoms with Gasteiger partial charge in [0, 0.05) is 13.5 Å². The average molecular weight is 561 g/mol. The molecule has 2 saturated heterocycles. The molecule has 0 aromatic heterocycles. The van der Waals surface area contributed by atoms with Crippen LogP contribution in [0.2, 0.25) is 0 Å². The molecule has 218 valence electrons. The van der Waals surface area contributed by atoms with Crippen LogP contribution in [0.15, 0.2) is 103 Å². The highest BCUT2D eigenvalue weighted by molar-refractivity contribution is 5.19. The smallest absolute Gasteiger partial charge is 0.231 e. The molecule has 41 heavy (non-hydrogen) atoms. The van der Waals surface area contributed by atoms with E-state index in [1.165, 1.54) is 0 Å². The molecule has 7 heteroatoms. The highest BCUT2D eigenvalue weighted by Crippen LogP contribution is 2.44. The Morgan fingerprint density at radius 3 is 1.83 bits per heavy atom. The molecule has 0 bridgehead atoms. The van der Waals surface area contributed by atoms with Gasteiger partial charge in [-0.15, -0.1) is 0 Å². The number of hydrogen-bond donors (Lipinski definition) is 0. The van der Waals surface area contributed by atoms with Crippen molar-refractivity contribution < 1.29 is 33.2 Å². The minimum absolute atomic E-state index is 0.286. The van der Waals surface area contributed by atoms with Crippen LogP contribution in [-0.2, 0) is 53.0 Å². The standard InChI is InChI=1S/C34H40O7/c1-25-30(36-21-26-14-8-5-9-15-26)31(37-22-27-16-10-6-11-17-27)34(32(35-4)40-25,20-29-24-38-33(2,3)41-29)39-23-28-18-12-7-13-19-28/h5-19,29-32H,1,20-24H2,2-4H3/t29-,30+,31-,32-,34-/m0/s1. The fourth-order valence-electron chi connectivity index (χ4n) is 5.47. The topological polar surface area (TPSA) is 64.6 Å². The average Bonchev–Trinajstić information content (AvgIpc) is 3.34. The van der Waals surface area contributed by atoms with E-state index in [-0.39, 0.29) is 6.10 Å². The van der Waals surface area contributed by atoms with E-state index in [0.717, 1.165) is 16.7 Å². The third-order valence-corrected chi connectivity index (χ3v) is 7.45. The quantitative estimate of drug-likeness (QED) is 0.262. The third-order valence-electron chi connectivity index (χ3n) is 7.45. The molecule has 0 aliphatic carbocycles. The normalized spacial score (nSPS) is 27.4. The third kappa shape index (κ3) is 7.25. The molecule has 3 aromatic rings. The lowest BCUT2D eigenvalue weighted by Crippen LogP contribution is -2.66. The van der Waals surface area contributed by atoms with Crippen molar-refractivity contribution in [3.05, 3.63) is 120 Å². The van der Waals surface area contributed by atoms with E-state index in [2.05, 4.69) is 6.58 Å². The second-order valence-electron chi connectivity index (χ2n) is 11.0. The molecule has 0 radical (unpaired) electrons. The minimum atomic E-state index is -1.13. The van der Waals surface area contributed by atoms with Crippen LogP contribution >= 0.6 is 0 Å². The van der Waals surface area contributed by atoms with Crippen LogP contribution in [0.25, 0.3) is 0 Å². The Bertz CT molecular complexity index is 1230. The summed E-state index contributed by atoms with van der Waals surface area (Å²) in [6.07, 6.45) is -2.01. The van der Waals surface area contributed by atoms with Crippen molar-refractivity contribution in [2.24, 2.45) is 0 Å². The number of ether oxygens (including phenoxy) is 7. The van der Waals surface area contributed by atoms with E-state index >= 15 is 0 Å². The van der Waals surface area contributed by atoms with Crippen LogP contribution in [0, 0.1) is 0 Å². The molecule has 0 N–H and O–H groups in total. The SMILES string of the molecule is C=C1O[C@H](OC)[C@@](C[C@H]2COC(C)(C)O2)(OCc2ccccc2)[C@@H](OCc2ccccc2)[C@@H]1OCc1ccccc1. The van der Waals surface area contributed by atoms with Gasteiger partial charge in [-0.25, -0.2) is 0 Å². The van der Waals surface area contributed by atoms with Gasteiger partial charge in [-0.2, -0.15) is 0 Å². The second-order valence-corrected chi connectivity index (χ2v) is 11.0. The summed E-state index contributed by atoms with van der Waals surface area (Å²) >= 11 is 0. The van der Waals surface area contributed by atoms with Crippen LogP contribution in [-0.4, -0.2) is 49.7 Å². The number of methoxy groups -OCH3 is 1. The first-order valence-corrected chi connectivity index (χ1v) is 14.1. The van der Waals surface area contributed by atoms with Crippen LogP contribution in [0.4, 0.5) is 0 Å². The summed E-state index contributed by atoms with van der Waals surface area (Å²) in [6, 6.07) is 30.1. The van der Waals surface area contributed by atoms with Crippen LogP contribution in [0.1, 0.15) is 37.0 Å². The summed E-state index contributed by atoms with van der Waals surface area (Å²) in [7, 11) is 1.61. The Morgan fingerprint density at radius 1 is 0.780 bits per heavy atom. The first-order valence-electron chi connectivity index (χ1n) is 14.1. The van der Waals surface area contributed by atoms with Gasteiger partial charge in [-0.3, -0.25) is 0 Å². The van der Waals surface area contributed by atoms with Crippen molar-refractivity contribution in [3.8, 4) is 0 Å². The maximum atomic E-state index is 6.89. The van der Waals surface area contributed by atoms with E-state index in [1.807, 2.05) is 105 Å². The van der Waals surface area contributed by atoms with Crippen LogP contribution < -0.4 is 0 Å². The van der Waals surface area contributed by atoms with Gasteiger partial charge < -0.3 is 33.2 Å². The summed E-state index contributed by atoms with van der Waals surface area (Å²) in [5.41, 5.74) is 1.94. The molecule has 2 aliphatic rings. The zero-order valence-electron chi connectivity index (χ0n) is 24.1. The van der Waals surface area contributed by atoms with Gasteiger partial charge in [0.2, 0.25) is 6.29 Å². The lowest BCUT2D eigenvalue weighted by Gasteiger charge is -2.51. The van der Waals surface area contributed by atoms with E-state index < -0.39 is 29.9 Å². The zero-order chi connectivity index (χ0) is 28.7. The van der Waals surface area contributed by atoms with E-state index in [4.69, 9.17) is 33.2 Å². The number of rotatable bonds is 12. The molecule has 0 amide bonds. The van der Waals surface area contributed by atoms with Gasteiger partial charge >= 0.3 is 0 Å². The Morgan fingerprint density at radius 2 is 1.32 bits per heavy atom. The monoisotopic (exact) mass is 560 g/mol. The van der Waals surface area contributed by atoms with Gasteiger partial charge in [0.25, 0.3) is 0 Å². The Balaban J connectivity index is 1.52. The Hall–Kier alpha value is -3.04. The summed E-state index contributed by atoms with van der Waals surface area (Å²) in [5.74, 6) is -0.287. The lowest BCUT2D eigenvalue weighted by atomic mass is 9.82. The molecule has 5 rings (SSSR count). The molecular weight excluding hydrogens is 520 g/mol. The fraction of sp³-hybridized carbons (Fsp3) is 0.412. The second kappa shape index (κ2) is 13.3. The van der Waals surface area contributed by atoms with Crippen LogP contribution in [0.3, 0.4) is 0 Å². The fourth-order valence-corrected chi connectivity index (χ4v) is 5.47. The van der Waals surface area contributed by atoms with Crippen molar-refractivity contribution >= 4 is 0 Å².